The van der Waals surface area contributed by atoms with Crippen molar-refractivity contribution in [3.63, 3.8) is 0 Å². The van der Waals surface area contributed by atoms with Crippen LogP contribution in [-0.2, 0) is 9.59 Å². The molecule has 0 aromatic heterocycles. The molecule has 0 saturated carbocycles. The second-order valence-corrected chi connectivity index (χ2v) is 7.44. The van der Waals surface area contributed by atoms with Gasteiger partial charge in [0.05, 0.1) is 24.4 Å². The van der Waals surface area contributed by atoms with Crippen molar-refractivity contribution in [3.05, 3.63) is 52.3 Å². The Hall–Kier alpha value is -2.94. The van der Waals surface area contributed by atoms with Crippen LogP contribution in [0.5, 0.6) is 11.5 Å². The fourth-order valence-electron chi connectivity index (χ4n) is 2.49. The number of unbranched alkanes of at least 4 members (excludes halogenated alkanes) is 1. The van der Waals surface area contributed by atoms with Gasteiger partial charge in [-0.1, -0.05) is 13.3 Å². The van der Waals surface area contributed by atoms with Crippen LogP contribution in [0.1, 0.15) is 38.2 Å². The van der Waals surface area contributed by atoms with Gasteiger partial charge in [-0.05, 0) is 64.3 Å². The number of hydrogen-bond acceptors (Lipinski definition) is 5. The quantitative estimate of drug-likeness (QED) is 0.271. The number of nitrogens with one attached hydrogen (secondary N) is 2. The Labute approximate surface area is 189 Å². The van der Waals surface area contributed by atoms with Crippen molar-refractivity contribution in [2.75, 3.05) is 19.0 Å². The van der Waals surface area contributed by atoms with Crippen molar-refractivity contribution < 1.29 is 23.5 Å². The molecule has 7 nitrogen and oxygen atoms in total. The Morgan fingerprint density at radius 3 is 2.55 bits per heavy atom. The minimum atomic E-state index is -0.406. The molecular weight excluding hydrogens is 469 g/mol. The van der Waals surface area contributed by atoms with Crippen LogP contribution in [0.25, 0.3) is 0 Å². The van der Waals surface area contributed by atoms with E-state index in [-0.39, 0.29) is 18.7 Å². The summed E-state index contributed by atoms with van der Waals surface area (Å²) in [6, 6.07) is 8.93. The zero-order valence-electron chi connectivity index (χ0n) is 17.4. The SMILES string of the molecule is CCCCOc1c(Br)cc(C=NNC(=O)CCC(=O)Nc2ccc(F)cc2)cc1OC. The van der Waals surface area contributed by atoms with E-state index < -0.39 is 11.7 Å². The monoisotopic (exact) mass is 493 g/mol. The topological polar surface area (TPSA) is 89.0 Å². The lowest BCUT2D eigenvalue weighted by molar-refractivity contribution is -0.124. The predicted octanol–water partition coefficient (Wildman–Crippen LogP) is 4.64. The van der Waals surface area contributed by atoms with Gasteiger partial charge in [0.1, 0.15) is 5.82 Å². The predicted molar refractivity (Wildman–Crippen MR) is 121 cm³/mol. The van der Waals surface area contributed by atoms with E-state index in [0.29, 0.717) is 33.8 Å². The maximum Gasteiger partial charge on any atom is 0.240 e. The van der Waals surface area contributed by atoms with Gasteiger partial charge in [0.15, 0.2) is 11.5 Å². The van der Waals surface area contributed by atoms with Crippen molar-refractivity contribution in [3.8, 4) is 11.5 Å². The highest BCUT2D eigenvalue weighted by Crippen LogP contribution is 2.36. The van der Waals surface area contributed by atoms with Gasteiger partial charge in [-0.25, -0.2) is 9.82 Å². The van der Waals surface area contributed by atoms with Gasteiger partial charge in [0, 0.05) is 18.5 Å². The molecule has 0 aliphatic carbocycles. The number of hydrazone groups is 1. The molecule has 0 aliphatic heterocycles. The normalized spacial score (nSPS) is 10.7. The fraction of sp³-hybridized carbons (Fsp3) is 0.318. The zero-order chi connectivity index (χ0) is 22.6. The number of nitrogens with zero attached hydrogens (tertiary/aromatic N) is 1. The summed E-state index contributed by atoms with van der Waals surface area (Å²) in [5, 5.41) is 6.51. The molecule has 0 bridgehead atoms. The van der Waals surface area contributed by atoms with Crippen LogP contribution >= 0.6 is 15.9 Å². The van der Waals surface area contributed by atoms with E-state index in [2.05, 4.69) is 38.7 Å². The fourth-order valence-corrected chi connectivity index (χ4v) is 3.07. The number of ether oxygens (including phenoxy) is 2. The van der Waals surface area contributed by atoms with Gasteiger partial charge in [0.25, 0.3) is 0 Å². The molecule has 31 heavy (non-hydrogen) atoms. The molecule has 2 aromatic rings. The summed E-state index contributed by atoms with van der Waals surface area (Å²) in [5.41, 5.74) is 3.54. The van der Waals surface area contributed by atoms with Crippen LogP contribution in [0.2, 0.25) is 0 Å². The van der Waals surface area contributed by atoms with E-state index in [1.54, 1.807) is 19.2 Å². The number of amides is 2. The number of halogens is 2. The average molecular weight is 494 g/mol. The third-order valence-electron chi connectivity index (χ3n) is 4.11. The summed E-state index contributed by atoms with van der Waals surface area (Å²) >= 11 is 3.46. The van der Waals surface area contributed by atoms with Gasteiger partial charge in [-0.2, -0.15) is 5.10 Å². The molecule has 166 valence electrons. The first-order chi connectivity index (χ1) is 14.9. The summed E-state index contributed by atoms with van der Waals surface area (Å²) < 4.78 is 24.7. The number of methoxy groups -OCH3 is 1. The number of carbonyl (C=O) groups is 2. The maximum atomic E-state index is 12.9. The summed E-state index contributed by atoms with van der Waals surface area (Å²) in [4.78, 5) is 23.8. The molecule has 0 radical (unpaired) electrons. The summed E-state index contributed by atoms with van der Waals surface area (Å²) in [6.45, 7) is 2.67. The second kappa shape index (κ2) is 12.7. The maximum absolute atomic E-state index is 12.9. The highest BCUT2D eigenvalue weighted by Gasteiger charge is 2.11. The van der Waals surface area contributed by atoms with E-state index in [0.717, 1.165) is 12.8 Å². The van der Waals surface area contributed by atoms with Crippen LogP contribution in [0.3, 0.4) is 0 Å². The first-order valence-electron chi connectivity index (χ1n) is 9.80. The molecule has 0 heterocycles. The van der Waals surface area contributed by atoms with E-state index in [1.807, 2.05) is 0 Å². The van der Waals surface area contributed by atoms with Crippen molar-refractivity contribution >= 4 is 39.6 Å². The van der Waals surface area contributed by atoms with Gasteiger partial charge >= 0.3 is 0 Å². The lowest BCUT2D eigenvalue weighted by Crippen LogP contribution is -2.20. The molecule has 2 rings (SSSR count). The second-order valence-electron chi connectivity index (χ2n) is 6.58. The molecule has 0 spiro atoms. The van der Waals surface area contributed by atoms with Gasteiger partial charge in [-0.3, -0.25) is 9.59 Å². The third-order valence-corrected chi connectivity index (χ3v) is 4.70. The van der Waals surface area contributed by atoms with Crippen LogP contribution in [0.15, 0.2) is 46.0 Å². The summed E-state index contributed by atoms with van der Waals surface area (Å²) in [5.74, 6) is 0.0210. The standard InChI is InChI=1S/C22H25BrFN3O4/c1-3-4-11-31-22-18(23)12-15(13-19(22)30-2)14-25-27-21(29)10-9-20(28)26-17-7-5-16(24)6-8-17/h5-8,12-14H,3-4,9-11H2,1-2H3,(H,26,28)(H,27,29). The Kier molecular flexibility index (Phi) is 9.96. The summed E-state index contributed by atoms with van der Waals surface area (Å²) in [6.07, 6.45) is 3.37. The van der Waals surface area contributed by atoms with E-state index >= 15 is 0 Å². The van der Waals surface area contributed by atoms with Gasteiger partial charge in [0.2, 0.25) is 11.8 Å². The summed E-state index contributed by atoms with van der Waals surface area (Å²) in [7, 11) is 1.55. The Balaban J connectivity index is 1.84. The highest BCUT2D eigenvalue weighted by atomic mass is 79.9. The highest BCUT2D eigenvalue weighted by molar-refractivity contribution is 9.10. The van der Waals surface area contributed by atoms with Gasteiger partial charge in [-0.15, -0.1) is 0 Å². The number of anilines is 1. The third kappa shape index (κ3) is 8.37. The molecule has 0 atom stereocenters. The van der Waals surface area contributed by atoms with Crippen molar-refractivity contribution in [1.29, 1.82) is 0 Å². The lowest BCUT2D eigenvalue weighted by Gasteiger charge is -2.13. The van der Waals surface area contributed by atoms with Crippen molar-refractivity contribution in [2.24, 2.45) is 5.10 Å². The molecule has 2 aromatic carbocycles. The molecule has 0 saturated heterocycles. The first kappa shape index (κ1) is 24.3. The largest absolute Gasteiger partial charge is 0.493 e. The lowest BCUT2D eigenvalue weighted by atomic mass is 10.2. The molecular formula is C22H25BrFN3O4. The first-order valence-corrected chi connectivity index (χ1v) is 10.6. The smallest absolute Gasteiger partial charge is 0.240 e. The van der Waals surface area contributed by atoms with Crippen molar-refractivity contribution in [1.82, 2.24) is 5.43 Å². The van der Waals surface area contributed by atoms with Crippen molar-refractivity contribution in [2.45, 2.75) is 32.6 Å². The number of rotatable bonds is 11. The number of carbonyl (C=O) groups excluding carboxylic acids is 2. The molecule has 2 N–H and O–H groups in total. The number of benzene rings is 2. The Morgan fingerprint density at radius 2 is 1.87 bits per heavy atom. The van der Waals surface area contributed by atoms with Crippen LogP contribution < -0.4 is 20.2 Å². The Morgan fingerprint density at radius 1 is 1.16 bits per heavy atom. The van der Waals surface area contributed by atoms with Crippen LogP contribution in [-0.4, -0.2) is 31.7 Å². The van der Waals surface area contributed by atoms with E-state index in [1.165, 1.54) is 30.5 Å². The molecule has 2 amide bonds. The van der Waals surface area contributed by atoms with E-state index in [9.17, 15) is 14.0 Å². The molecule has 9 heteroatoms. The zero-order valence-corrected chi connectivity index (χ0v) is 19.0. The number of hydrogen-bond donors (Lipinski definition) is 2. The molecule has 0 aliphatic rings. The van der Waals surface area contributed by atoms with E-state index in [4.69, 9.17) is 9.47 Å². The minimum absolute atomic E-state index is 0.0259. The molecule has 0 unspecified atom stereocenters. The Bertz CT molecular complexity index is 920. The van der Waals surface area contributed by atoms with Gasteiger partial charge < -0.3 is 14.8 Å². The average Bonchev–Trinajstić information content (AvgIpc) is 2.75. The van der Waals surface area contributed by atoms with Crippen LogP contribution in [0, 0.1) is 5.82 Å². The molecule has 0 fully saturated rings. The van der Waals surface area contributed by atoms with Crippen LogP contribution in [0.4, 0.5) is 10.1 Å². The minimum Gasteiger partial charge on any atom is -0.493 e.